The quantitative estimate of drug-likeness (QED) is 0.734. The lowest BCUT2D eigenvalue weighted by Gasteiger charge is -2.51. The molecule has 0 aromatic heterocycles. The Bertz CT molecular complexity index is 376. The number of hydrogen-bond donors (Lipinski definition) is 1. The molecule has 2 rings (SSSR count). The van der Waals surface area contributed by atoms with Gasteiger partial charge in [-0.2, -0.15) is 0 Å². The maximum atomic E-state index is 12.0. The van der Waals surface area contributed by atoms with Crippen molar-refractivity contribution in [1.29, 1.82) is 0 Å². The van der Waals surface area contributed by atoms with Crippen molar-refractivity contribution >= 4 is 26.6 Å². The summed E-state index contributed by atoms with van der Waals surface area (Å²) in [6.45, 7) is 16.3. The van der Waals surface area contributed by atoms with Crippen LogP contribution in [0.3, 0.4) is 0 Å². The fourth-order valence-corrected chi connectivity index (χ4v) is 10.2. The Kier molecular flexibility index (Phi) is 7.58. The highest BCUT2D eigenvalue weighted by atomic mass is 35.5. The second-order valence-corrected chi connectivity index (χ2v) is 13.4. The summed E-state index contributed by atoms with van der Waals surface area (Å²) in [5.41, 5.74) is 1.90. The van der Waals surface area contributed by atoms with Crippen molar-refractivity contribution in [3.05, 3.63) is 0 Å². The molecule has 1 saturated carbocycles. The predicted octanol–water partition coefficient (Wildman–Crippen LogP) is 3.56. The number of piperazine rings is 1. The molecule has 1 N–H and O–H groups in total. The molecule has 136 valence electrons. The van der Waals surface area contributed by atoms with Crippen molar-refractivity contribution in [2.24, 2.45) is 0 Å². The van der Waals surface area contributed by atoms with E-state index in [1.54, 1.807) is 0 Å². The average Bonchev–Trinajstić information content (AvgIpc) is 2.37. The third-order valence-corrected chi connectivity index (χ3v) is 11.9. The van der Waals surface area contributed by atoms with Gasteiger partial charge >= 0.3 is 0 Å². The lowest BCUT2D eigenvalue weighted by atomic mass is 9.87. The van der Waals surface area contributed by atoms with Gasteiger partial charge in [0.05, 0.1) is 6.54 Å². The topological polar surface area (TPSA) is 41.6 Å². The van der Waals surface area contributed by atoms with Crippen molar-refractivity contribution in [3.63, 3.8) is 0 Å². The Balaban J connectivity index is 0.00000264. The maximum absolute atomic E-state index is 12.0. The molecule has 2 fully saturated rings. The minimum absolute atomic E-state index is 0. The van der Waals surface area contributed by atoms with Gasteiger partial charge in [-0.3, -0.25) is 4.79 Å². The highest BCUT2D eigenvalue weighted by Crippen LogP contribution is 2.45. The molecule has 6 heteroatoms. The van der Waals surface area contributed by atoms with Gasteiger partial charge in [-0.05, 0) is 29.5 Å². The molecule has 0 bridgehead atoms. The minimum Gasteiger partial charge on any atom is -0.413 e. The molecule has 0 aromatic rings. The standard InChI is InChI=1S/C17H34N2O2Si.ClH/c1-12(2)22(13(3)4,14(5)6)21-16-9-15(10-16)19-8-7-18-11-17(19)20;/h12-16,18H,7-11H2,1-6H3;1H. The van der Waals surface area contributed by atoms with Gasteiger partial charge in [-0.25, -0.2) is 0 Å². The van der Waals surface area contributed by atoms with Crippen LogP contribution < -0.4 is 5.32 Å². The van der Waals surface area contributed by atoms with Gasteiger partial charge in [-0.15, -0.1) is 12.4 Å². The average molecular weight is 363 g/mol. The smallest absolute Gasteiger partial charge is 0.236 e. The minimum atomic E-state index is -1.77. The van der Waals surface area contributed by atoms with E-state index in [0.717, 1.165) is 25.9 Å². The molecule has 1 aliphatic heterocycles. The molecular weight excluding hydrogens is 328 g/mol. The van der Waals surface area contributed by atoms with Gasteiger partial charge in [-0.1, -0.05) is 41.5 Å². The van der Waals surface area contributed by atoms with E-state index in [2.05, 4.69) is 51.8 Å². The number of hydrogen-bond acceptors (Lipinski definition) is 3. The van der Waals surface area contributed by atoms with Crippen LogP contribution in [0.4, 0.5) is 0 Å². The molecule has 0 unspecified atom stereocenters. The third kappa shape index (κ3) is 4.12. The SMILES string of the molecule is CC(C)[Si](OC1CC(N2CCNCC2=O)C1)(C(C)C)C(C)C.Cl. The summed E-state index contributed by atoms with van der Waals surface area (Å²) in [6, 6.07) is 0.415. The van der Waals surface area contributed by atoms with E-state index in [1.807, 2.05) is 0 Å². The number of nitrogens with one attached hydrogen (secondary N) is 1. The van der Waals surface area contributed by atoms with E-state index in [0.29, 0.717) is 35.3 Å². The van der Waals surface area contributed by atoms with Gasteiger partial charge in [0, 0.05) is 25.2 Å². The monoisotopic (exact) mass is 362 g/mol. The maximum Gasteiger partial charge on any atom is 0.236 e. The van der Waals surface area contributed by atoms with Gasteiger partial charge in [0.15, 0.2) is 0 Å². The van der Waals surface area contributed by atoms with E-state index in [9.17, 15) is 4.79 Å². The van der Waals surface area contributed by atoms with Gasteiger partial charge in [0.1, 0.15) is 0 Å². The Morgan fingerprint density at radius 3 is 2.04 bits per heavy atom. The Labute approximate surface area is 149 Å². The summed E-state index contributed by atoms with van der Waals surface area (Å²) in [6.07, 6.45) is 2.44. The Hall–Kier alpha value is -0.103. The lowest BCUT2D eigenvalue weighted by molar-refractivity contribution is -0.138. The number of nitrogens with zero attached hydrogens (tertiary/aromatic N) is 1. The van der Waals surface area contributed by atoms with E-state index in [4.69, 9.17) is 4.43 Å². The van der Waals surface area contributed by atoms with Crippen LogP contribution in [0.2, 0.25) is 16.6 Å². The van der Waals surface area contributed by atoms with Gasteiger partial charge < -0.3 is 14.6 Å². The zero-order valence-electron chi connectivity index (χ0n) is 15.6. The van der Waals surface area contributed by atoms with Crippen molar-refractivity contribution in [1.82, 2.24) is 10.2 Å². The van der Waals surface area contributed by atoms with Crippen molar-refractivity contribution in [2.75, 3.05) is 19.6 Å². The largest absolute Gasteiger partial charge is 0.413 e. The summed E-state index contributed by atoms with van der Waals surface area (Å²) in [5.74, 6) is 0.259. The predicted molar refractivity (Wildman–Crippen MR) is 101 cm³/mol. The van der Waals surface area contributed by atoms with Crippen LogP contribution in [0.1, 0.15) is 54.4 Å². The van der Waals surface area contributed by atoms with E-state index < -0.39 is 8.32 Å². The van der Waals surface area contributed by atoms with Crippen LogP contribution in [-0.2, 0) is 9.22 Å². The molecule has 23 heavy (non-hydrogen) atoms. The van der Waals surface area contributed by atoms with E-state index in [-0.39, 0.29) is 18.3 Å². The molecule has 0 aromatic carbocycles. The molecule has 1 heterocycles. The molecule has 1 saturated heterocycles. The van der Waals surface area contributed by atoms with Crippen LogP contribution >= 0.6 is 12.4 Å². The van der Waals surface area contributed by atoms with Gasteiger partial charge in [0.25, 0.3) is 0 Å². The highest BCUT2D eigenvalue weighted by Gasteiger charge is 2.49. The first-order valence-corrected chi connectivity index (χ1v) is 11.1. The summed E-state index contributed by atoms with van der Waals surface area (Å²) in [7, 11) is -1.77. The van der Waals surface area contributed by atoms with Crippen molar-refractivity contribution < 1.29 is 9.22 Å². The fraction of sp³-hybridized carbons (Fsp3) is 0.941. The fourth-order valence-electron chi connectivity index (χ4n) is 4.59. The Morgan fingerprint density at radius 1 is 1.09 bits per heavy atom. The second kappa shape index (κ2) is 8.32. The molecule has 0 radical (unpaired) electrons. The van der Waals surface area contributed by atoms with Crippen LogP contribution in [0.25, 0.3) is 0 Å². The van der Waals surface area contributed by atoms with Crippen LogP contribution in [0.15, 0.2) is 0 Å². The number of amides is 1. The first-order valence-electron chi connectivity index (χ1n) is 8.97. The van der Waals surface area contributed by atoms with Crippen LogP contribution in [0.5, 0.6) is 0 Å². The molecule has 1 aliphatic carbocycles. The lowest BCUT2D eigenvalue weighted by Crippen LogP contribution is -2.60. The molecule has 4 nitrogen and oxygen atoms in total. The zero-order chi connectivity index (χ0) is 16.5. The van der Waals surface area contributed by atoms with E-state index in [1.165, 1.54) is 0 Å². The third-order valence-electron chi connectivity index (χ3n) is 5.71. The first kappa shape index (κ1) is 20.9. The molecule has 0 spiro atoms. The highest BCUT2D eigenvalue weighted by molar-refractivity contribution is 6.77. The second-order valence-electron chi connectivity index (χ2n) is 7.95. The zero-order valence-corrected chi connectivity index (χ0v) is 17.4. The summed E-state index contributed by atoms with van der Waals surface area (Å²) < 4.78 is 6.80. The summed E-state index contributed by atoms with van der Waals surface area (Å²) in [4.78, 5) is 14.0. The molecular formula is C17H35ClN2O2Si. The van der Waals surface area contributed by atoms with Crippen LogP contribution in [-0.4, -0.2) is 50.9 Å². The van der Waals surface area contributed by atoms with Crippen molar-refractivity contribution in [2.45, 2.75) is 83.2 Å². The number of rotatable bonds is 6. The first-order chi connectivity index (χ1) is 10.3. The van der Waals surface area contributed by atoms with Gasteiger partial charge in [0.2, 0.25) is 14.2 Å². The molecule has 2 aliphatic rings. The van der Waals surface area contributed by atoms with Crippen molar-refractivity contribution in [3.8, 4) is 0 Å². The van der Waals surface area contributed by atoms with Crippen LogP contribution in [0, 0.1) is 0 Å². The number of carbonyl (C=O) groups is 1. The normalized spacial score (nSPS) is 25.8. The van der Waals surface area contributed by atoms with E-state index >= 15 is 0 Å². The number of carbonyl (C=O) groups excluding carboxylic acids is 1. The molecule has 0 atom stereocenters. The number of halogens is 1. The Morgan fingerprint density at radius 2 is 1.61 bits per heavy atom. The molecule has 1 amide bonds. The summed E-state index contributed by atoms with van der Waals surface area (Å²) in [5, 5.41) is 3.15. The summed E-state index contributed by atoms with van der Waals surface area (Å²) >= 11 is 0.